The summed E-state index contributed by atoms with van der Waals surface area (Å²) in [5, 5.41) is 18.5. The molecular formula is C14H27N5. The van der Waals surface area contributed by atoms with Crippen LogP contribution in [0.15, 0.2) is 32.2 Å². The lowest BCUT2D eigenvalue weighted by atomic mass is 10.1. The molecule has 19 heavy (non-hydrogen) atoms. The molecule has 1 N–H and O–H groups in total. The van der Waals surface area contributed by atoms with E-state index in [9.17, 15) is 0 Å². The number of nitrogens with zero attached hydrogens (tertiary/aromatic N) is 4. The molecule has 0 saturated carbocycles. The van der Waals surface area contributed by atoms with Crippen LogP contribution in [0.4, 0.5) is 0 Å². The number of hydrogen-bond acceptors (Lipinski definition) is 5. The minimum atomic E-state index is 0.673. The van der Waals surface area contributed by atoms with Crippen LogP contribution in [0.3, 0.4) is 0 Å². The molecule has 0 saturated heterocycles. The first-order chi connectivity index (χ1) is 9.38. The Kier molecular flexibility index (Phi) is 8.85. The molecule has 0 aromatic rings. The molecule has 0 aliphatic carbocycles. The fraction of sp³-hybridized carbons (Fsp3) is 0.857. The molecule has 1 aliphatic rings. The van der Waals surface area contributed by atoms with Crippen LogP contribution in [0.1, 0.15) is 71.6 Å². The maximum Gasteiger partial charge on any atom is 0.218 e. The second kappa shape index (κ2) is 10.6. The van der Waals surface area contributed by atoms with Crippen molar-refractivity contribution in [1.29, 1.82) is 0 Å². The average molecular weight is 265 g/mol. The van der Waals surface area contributed by atoms with Crippen molar-refractivity contribution in [3.63, 3.8) is 0 Å². The first-order valence-electron chi connectivity index (χ1n) is 7.67. The van der Waals surface area contributed by atoms with Gasteiger partial charge in [0.05, 0.1) is 5.70 Å². The van der Waals surface area contributed by atoms with Gasteiger partial charge in [0.15, 0.2) is 0 Å². The van der Waals surface area contributed by atoms with E-state index < -0.39 is 0 Å². The second-order valence-corrected chi connectivity index (χ2v) is 4.98. The van der Waals surface area contributed by atoms with Gasteiger partial charge < -0.3 is 5.32 Å². The molecule has 5 nitrogen and oxygen atoms in total. The van der Waals surface area contributed by atoms with Gasteiger partial charge in [-0.3, -0.25) is 0 Å². The van der Waals surface area contributed by atoms with Gasteiger partial charge in [0.25, 0.3) is 0 Å². The minimum Gasteiger partial charge on any atom is -0.385 e. The Labute approximate surface area is 116 Å². The molecule has 108 valence electrons. The summed E-state index contributed by atoms with van der Waals surface area (Å²) in [5.74, 6) is 0.673. The summed E-state index contributed by atoms with van der Waals surface area (Å²) in [5.41, 5.74) is 1.11. The third kappa shape index (κ3) is 7.03. The summed E-state index contributed by atoms with van der Waals surface area (Å²) in [6, 6.07) is 0. The van der Waals surface area contributed by atoms with Crippen LogP contribution in [0, 0.1) is 0 Å². The van der Waals surface area contributed by atoms with Gasteiger partial charge in [0, 0.05) is 6.54 Å². The largest absolute Gasteiger partial charge is 0.385 e. The Balaban J connectivity index is 2.32. The van der Waals surface area contributed by atoms with E-state index in [1.165, 1.54) is 51.4 Å². The normalized spacial score (nSPS) is 13.3. The van der Waals surface area contributed by atoms with Crippen molar-refractivity contribution in [1.82, 2.24) is 5.32 Å². The van der Waals surface area contributed by atoms with E-state index >= 15 is 0 Å². The average Bonchev–Trinajstić information content (AvgIpc) is 2.95. The monoisotopic (exact) mass is 265 g/mol. The van der Waals surface area contributed by atoms with Gasteiger partial charge in [0.1, 0.15) is 0 Å². The molecule has 0 amide bonds. The number of unbranched alkanes of at least 4 members (excludes halogenated alkanes) is 6. The zero-order chi connectivity index (χ0) is 13.8. The minimum absolute atomic E-state index is 0.673. The molecule has 0 atom stereocenters. The lowest BCUT2D eigenvalue weighted by molar-refractivity contribution is 0.598. The molecule has 5 heteroatoms. The van der Waals surface area contributed by atoms with Crippen LogP contribution < -0.4 is 5.32 Å². The molecule has 0 unspecified atom stereocenters. The maximum absolute atomic E-state index is 3.96. The van der Waals surface area contributed by atoms with Gasteiger partial charge in [-0.2, -0.15) is 0 Å². The molecular weight excluding hydrogens is 238 g/mol. The third-order valence-electron chi connectivity index (χ3n) is 3.24. The van der Waals surface area contributed by atoms with Crippen LogP contribution >= 0.6 is 0 Å². The highest BCUT2D eigenvalue weighted by molar-refractivity contribution is 5.10. The van der Waals surface area contributed by atoms with E-state index in [2.05, 4.69) is 39.8 Å². The van der Waals surface area contributed by atoms with E-state index in [4.69, 9.17) is 0 Å². The summed E-state index contributed by atoms with van der Waals surface area (Å²) in [7, 11) is 0. The second-order valence-electron chi connectivity index (χ2n) is 4.98. The lowest BCUT2D eigenvalue weighted by Crippen LogP contribution is -2.16. The Morgan fingerprint density at radius 1 is 0.842 bits per heavy atom. The van der Waals surface area contributed by atoms with E-state index in [0.29, 0.717) is 5.82 Å². The van der Waals surface area contributed by atoms with Crippen molar-refractivity contribution < 1.29 is 0 Å². The molecule has 0 spiro atoms. The van der Waals surface area contributed by atoms with Crippen LogP contribution in [0.25, 0.3) is 0 Å². The quantitative estimate of drug-likeness (QED) is 0.517. The van der Waals surface area contributed by atoms with Crippen molar-refractivity contribution in [2.75, 3.05) is 6.54 Å². The zero-order valence-corrected chi connectivity index (χ0v) is 12.4. The molecule has 1 rings (SSSR count). The van der Waals surface area contributed by atoms with Crippen LogP contribution in [0.2, 0.25) is 0 Å². The summed E-state index contributed by atoms with van der Waals surface area (Å²) in [6.07, 6.45) is 11.1. The Bertz CT molecular complexity index is 306. The van der Waals surface area contributed by atoms with Crippen LogP contribution in [-0.2, 0) is 0 Å². The summed E-state index contributed by atoms with van der Waals surface area (Å²) in [6.45, 7) is 5.45. The van der Waals surface area contributed by atoms with E-state index in [1.807, 2.05) is 0 Å². The molecule has 0 aromatic carbocycles. The van der Waals surface area contributed by atoms with Crippen molar-refractivity contribution >= 4 is 0 Å². The first kappa shape index (κ1) is 15.8. The summed E-state index contributed by atoms with van der Waals surface area (Å²) in [4.78, 5) is 0. The lowest BCUT2D eigenvalue weighted by Gasteiger charge is -2.10. The van der Waals surface area contributed by atoms with Crippen molar-refractivity contribution in [3.8, 4) is 0 Å². The fourth-order valence-electron chi connectivity index (χ4n) is 2.06. The predicted octanol–water partition coefficient (Wildman–Crippen LogP) is 5.13. The number of hydrogen-bond donors (Lipinski definition) is 1. The fourth-order valence-corrected chi connectivity index (χ4v) is 2.06. The molecule has 0 radical (unpaired) electrons. The van der Waals surface area contributed by atoms with Crippen LogP contribution in [0.5, 0.6) is 0 Å². The molecule has 0 bridgehead atoms. The van der Waals surface area contributed by atoms with Crippen molar-refractivity contribution in [2.45, 2.75) is 71.6 Å². The number of nitrogens with one attached hydrogen (secondary N) is 1. The first-order valence-corrected chi connectivity index (χ1v) is 7.67. The smallest absolute Gasteiger partial charge is 0.218 e. The van der Waals surface area contributed by atoms with Gasteiger partial charge >= 0.3 is 0 Å². The van der Waals surface area contributed by atoms with Gasteiger partial charge in [-0.1, -0.05) is 52.4 Å². The van der Waals surface area contributed by atoms with E-state index in [1.54, 1.807) is 0 Å². The zero-order valence-electron chi connectivity index (χ0n) is 12.4. The summed E-state index contributed by atoms with van der Waals surface area (Å²) < 4.78 is 0. The van der Waals surface area contributed by atoms with Crippen LogP contribution in [-0.4, -0.2) is 6.54 Å². The molecule has 1 aliphatic heterocycles. The van der Waals surface area contributed by atoms with Crippen molar-refractivity contribution in [3.05, 3.63) is 11.5 Å². The highest BCUT2D eigenvalue weighted by atomic mass is 15.5. The van der Waals surface area contributed by atoms with Gasteiger partial charge in [0.2, 0.25) is 5.82 Å². The third-order valence-corrected chi connectivity index (χ3v) is 3.24. The van der Waals surface area contributed by atoms with Gasteiger partial charge in [-0.15, -0.1) is 10.2 Å². The van der Waals surface area contributed by atoms with Crippen molar-refractivity contribution in [2.24, 2.45) is 20.7 Å². The maximum atomic E-state index is 3.96. The predicted molar refractivity (Wildman–Crippen MR) is 77.6 cm³/mol. The number of rotatable bonds is 11. The molecule has 1 heterocycles. The van der Waals surface area contributed by atoms with E-state index in [0.717, 1.165) is 18.7 Å². The highest BCUT2D eigenvalue weighted by Crippen LogP contribution is 2.18. The molecule has 0 fully saturated rings. The van der Waals surface area contributed by atoms with Gasteiger partial charge in [-0.05, 0) is 29.7 Å². The SMILES string of the molecule is CCCCCCNC(CCCCCC)=C1N=NN=N1. The Morgan fingerprint density at radius 3 is 2.11 bits per heavy atom. The Hall–Kier alpha value is -1.26. The Morgan fingerprint density at radius 2 is 1.47 bits per heavy atom. The highest BCUT2D eigenvalue weighted by Gasteiger charge is 2.08. The number of allylic oxidation sites excluding steroid dienone is 1. The standard InChI is InChI=1S/C14H27N5/c1-3-5-7-9-11-13(14-16-18-19-17-14)15-12-10-8-6-4-2/h15H,3-12H2,1-2H3. The topological polar surface area (TPSA) is 61.5 Å². The molecule has 0 aromatic heterocycles. The van der Waals surface area contributed by atoms with Gasteiger partial charge in [-0.25, -0.2) is 0 Å². The van der Waals surface area contributed by atoms with E-state index in [-0.39, 0.29) is 0 Å². The summed E-state index contributed by atoms with van der Waals surface area (Å²) >= 11 is 0.